The van der Waals surface area contributed by atoms with Crippen LogP contribution >= 0.6 is 22.1 Å². The van der Waals surface area contributed by atoms with E-state index in [-0.39, 0.29) is 22.8 Å². The topological polar surface area (TPSA) is 225 Å². The number of hydrogen-bond acceptors (Lipinski definition) is 13. The van der Waals surface area contributed by atoms with E-state index in [9.17, 15) is 33.2 Å². The van der Waals surface area contributed by atoms with Crippen molar-refractivity contribution in [1.29, 1.82) is 0 Å². The Morgan fingerprint density at radius 2 is 0.776 bits per heavy atom. The molecule has 3 atom stereocenters. The third kappa shape index (κ3) is 17.6. The van der Waals surface area contributed by atoms with Crippen molar-refractivity contribution in [3.8, 4) is 52.8 Å². The third-order valence-electron chi connectivity index (χ3n) is 11.7. The molecule has 394 valence electrons. The van der Waals surface area contributed by atoms with E-state index in [4.69, 9.17) is 19.3 Å². The van der Waals surface area contributed by atoms with E-state index in [0.29, 0.717) is 110 Å². The zero-order valence-electron chi connectivity index (χ0n) is 42.8. The van der Waals surface area contributed by atoms with Crippen molar-refractivity contribution in [2.24, 2.45) is 0 Å². The number of rotatable bonds is 15. The molecule has 1 saturated heterocycles. The molecule has 0 bridgehead atoms. The second kappa shape index (κ2) is 25.8. The summed E-state index contributed by atoms with van der Waals surface area (Å²) in [6, 6.07) is 31.2. The monoisotopic (exact) mass is 1080 g/mol. The smallest absolute Gasteiger partial charge is 0.341 e. The van der Waals surface area contributed by atoms with Crippen LogP contribution in [0.1, 0.15) is 57.4 Å². The van der Waals surface area contributed by atoms with E-state index in [0.717, 1.165) is 16.9 Å². The van der Waals surface area contributed by atoms with Crippen molar-refractivity contribution < 1.29 is 52.5 Å². The number of carboxylic acids is 1. The van der Waals surface area contributed by atoms with Gasteiger partial charge in [-0.2, -0.15) is 0 Å². The van der Waals surface area contributed by atoms with Gasteiger partial charge in [-0.15, -0.1) is 0 Å². The van der Waals surface area contributed by atoms with Crippen molar-refractivity contribution >= 4 is 44.4 Å². The van der Waals surface area contributed by atoms with Gasteiger partial charge in [0.15, 0.2) is 6.61 Å². The molecule has 1 fully saturated rings. The Labute approximate surface area is 443 Å². The van der Waals surface area contributed by atoms with Crippen molar-refractivity contribution in [3.63, 3.8) is 0 Å². The Morgan fingerprint density at radius 1 is 0.487 bits per heavy atom. The summed E-state index contributed by atoms with van der Waals surface area (Å²) in [4.78, 5) is 63.9. The van der Waals surface area contributed by atoms with E-state index in [1.165, 1.54) is 26.1 Å². The summed E-state index contributed by atoms with van der Waals surface area (Å²) in [5.41, 5.74) is 5.24. The van der Waals surface area contributed by atoms with Crippen LogP contribution in [0.3, 0.4) is 0 Å². The van der Waals surface area contributed by atoms with Crippen molar-refractivity contribution in [2.75, 3.05) is 79.6 Å². The number of hydrogen-bond donors (Lipinski definition) is 4. The molecule has 4 N–H and O–H groups in total. The second-order valence-electron chi connectivity index (χ2n) is 18.2. The van der Waals surface area contributed by atoms with Crippen LogP contribution in [0.25, 0.3) is 0 Å². The lowest BCUT2D eigenvalue weighted by molar-refractivity contribution is -0.139. The molecule has 0 amide bonds. The molecule has 76 heavy (non-hydrogen) atoms. The molecule has 4 heterocycles. The van der Waals surface area contributed by atoms with E-state index >= 15 is 0 Å². The molecule has 6 aromatic rings. The molecule has 7 rings (SSSR count). The first kappa shape index (κ1) is 56.8. The molecule has 0 aliphatic carbocycles. The number of carbonyl (C=O) groups is 1. The third-order valence-corrected chi connectivity index (χ3v) is 15.0. The van der Waals surface area contributed by atoms with Crippen LogP contribution in [-0.2, 0) is 38.1 Å². The highest BCUT2D eigenvalue weighted by atomic mass is 31.2. The van der Waals surface area contributed by atoms with Crippen LogP contribution in [0.15, 0.2) is 109 Å². The number of ether oxygens (including phenoxy) is 3. The van der Waals surface area contributed by atoms with Gasteiger partial charge in [-0.1, -0.05) is 35.5 Å². The lowest BCUT2D eigenvalue weighted by Gasteiger charge is -2.26. The molecule has 3 unspecified atom stereocenters. The van der Waals surface area contributed by atoms with Crippen LogP contribution in [-0.4, -0.2) is 135 Å². The Morgan fingerprint density at radius 3 is 1.05 bits per heavy atom. The van der Waals surface area contributed by atoms with Crippen LogP contribution < -0.4 is 30.5 Å². The number of benzene rings is 3. The molecule has 0 spiro atoms. The zero-order valence-corrected chi connectivity index (χ0v) is 45.5. The van der Waals surface area contributed by atoms with Gasteiger partial charge in [0, 0.05) is 112 Å². The van der Waals surface area contributed by atoms with Gasteiger partial charge in [-0.25, -0.2) is 19.7 Å². The molecule has 17 nitrogen and oxygen atoms in total. The maximum absolute atomic E-state index is 13.2. The van der Waals surface area contributed by atoms with Gasteiger partial charge in [0.2, 0.25) is 22.1 Å². The fourth-order valence-corrected chi connectivity index (χ4v) is 9.92. The highest BCUT2D eigenvalue weighted by Gasteiger charge is 2.24. The molecule has 1 aliphatic rings. The molecule has 20 heteroatoms. The standard InChI is InChI=1S/C56H59N6O11P3/c1-6-72-51-21-15-42(16-22-51)8-11-45-32-48(58-54(35-45)75(4,67)68)38-61-27-25-60(37-47-31-44(34-53(57-47)74(3,65)66)10-7-41-13-19-50(71-2)20-14-41)26-28-62(30-29-61)39-49-33-46(36-55(59-49)76(5,69)70)12-9-43-17-23-52(24-18-43)73-40-56(63)64/h13-24,31-36H,6,25-30,37-40H2,1-5H3,(H,63,64)(H,65,66)(H,67,68)(H,69,70). The highest BCUT2D eigenvalue weighted by Crippen LogP contribution is 2.35. The van der Waals surface area contributed by atoms with Gasteiger partial charge >= 0.3 is 5.97 Å². The Balaban J connectivity index is 1.20. The van der Waals surface area contributed by atoms with E-state index in [1.807, 2.05) is 55.5 Å². The summed E-state index contributed by atoms with van der Waals surface area (Å²) in [6.07, 6.45) is 0. The van der Waals surface area contributed by atoms with Crippen LogP contribution in [0.5, 0.6) is 17.2 Å². The van der Waals surface area contributed by atoms with Crippen molar-refractivity contribution in [3.05, 3.63) is 160 Å². The molecule has 0 radical (unpaired) electrons. The van der Waals surface area contributed by atoms with Crippen LogP contribution in [0, 0.1) is 35.5 Å². The normalized spacial score (nSPS) is 15.7. The summed E-state index contributed by atoms with van der Waals surface area (Å²) in [5, 5.41) is 8.96. The van der Waals surface area contributed by atoms with Gasteiger partial charge in [-0.05, 0) is 116 Å². The first-order valence-corrected chi connectivity index (χ1v) is 30.5. The van der Waals surface area contributed by atoms with Gasteiger partial charge < -0.3 is 34.0 Å². The van der Waals surface area contributed by atoms with Crippen LogP contribution in [0.4, 0.5) is 0 Å². The number of aliphatic carboxylic acids is 1. The fraction of sp³-hybridized carbons (Fsp3) is 0.286. The Hall–Kier alpha value is -6.89. The van der Waals surface area contributed by atoms with E-state index < -0.39 is 34.7 Å². The maximum Gasteiger partial charge on any atom is 0.341 e. The molecule has 3 aromatic carbocycles. The average Bonchev–Trinajstić information content (AvgIpc) is 3.46. The molecule has 1 aliphatic heterocycles. The Kier molecular flexibility index (Phi) is 19.3. The number of aromatic nitrogens is 3. The SMILES string of the molecule is CCOc1ccc(C#Cc2cc(CN3CCN(Cc4cc(C#Cc5ccc(OC)cc5)cc(P(C)(=O)O)n4)CCN(Cc4cc(C#Cc5ccc(OCC(=O)O)cc5)cc(P(C)(=O)O)n4)CC3)nc(P(C)(=O)O)c2)cc1. The lowest BCUT2D eigenvalue weighted by Crippen LogP contribution is -2.36. The van der Waals surface area contributed by atoms with Crippen molar-refractivity contribution in [1.82, 2.24) is 29.7 Å². The predicted octanol–water partition coefficient (Wildman–Crippen LogP) is 5.34. The molecule has 3 aromatic heterocycles. The first-order valence-electron chi connectivity index (χ1n) is 24.2. The maximum atomic E-state index is 13.2. The number of pyridine rings is 3. The van der Waals surface area contributed by atoms with Gasteiger partial charge in [0.25, 0.3) is 0 Å². The summed E-state index contributed by atoms with van der Waals surface area (Å²) in [6.45, 7) is 9.64. The predicted molar refractivity (Wildman–Crippen MR) is 293 cm³/mol. The summed E-state index contributed by atoms with van der Waals surface area (Å²) in [5.74, 6) is 19.4. The van der Waals surface area contributed by atoms with Gasteiger partial charge in [0.1, 0.15) is 33.6 Å². The largest absolute Gasteiger partial charge is 0.497 e. The summed E-state index contributed by atoms with van der Waals surface area (Å²) in [7, 11) is -9.91. The molecule has 0 saturated carbocycles. The average molecular weight is 1090 g/mol. The first-order chi connectivity index (χ1) is 36.2. The summed E-state index contributed by atoms with van der Waals surface area (Å²) >= 11 is 0. The molecular weight excluding hydrogens is 1030 g/mol. The molecular formula is C56H59N6O11P3. The number of carboxylic acid groups (broad SMARTS) is 1. The number of nitrogens with zero attached hydrogens (tertiary/aromatic N) is 6. The Bertz CT molecular complexity index is 3380. The minimum atomic E-state index is -3.86. The minimum absolute atomic E-state index is 0.00216. The fourth-order valence-electron chi connectivity index (χ4n) is 7.85. The van der Waals surface area contributed by atoms with Crippen molar-refractivity contribution in [2.45, 2.75) is 26.6 Å². The number of methoxy groups -OCH3 is 1. The minimum Gasteiger partial charge on any atom is -0.497 e. The second-order valence-corrected chi connectivity index (χ2v) is 24.9. The van der Waals surface area contributed by atoms with E-state index in [1.54, 1.807) is 61.7 Å². The lowest BCUT2D eigenvalue weighted by atomic mass is 10.1. The van der Waals surface area contributed by atoms with Gasteiger partial charge in [0.05, 0.1) is 30.8 Å². The van der Waals surface area contributed by atoms with E-state index in [2.05, 4.69) is 65.2 Å². The van der Waals surface area contributed by atoms with Crippen LogP contribution in [0.2, 0.25) is 0 Å². The highest BCUT2D eigenvalue weighted by molar-refractivity contribution is 7.65. The zero-order chi connectivity index (χ0) is 54.5. The summed E-state index contributed by atoms with van der Waals surface area (Å²) < 4.78 is 55.6. The van der Waals surface area contributed by atoms with Gasteiger partial charge in [-0.3, -0.25) is 28.4 Å². The quantitative estimate of drug-likeness (QED) is 0.0753.